The molecule has 0 aliphatic carbocycles. The standard InChI is InChI=1S/C27H63N11/c1-2-24-38-25-23-36-20-19-34-18-17-33-16-15-32-14-13-31-12-11-30-9-7-28-5-3-6-29-8-10-35-21-22-37-26-27(38)4-1/h27-37H,1-26H2. The highest BCUT2D eigenvalue weighted by Gasteiger charge is 2.21. The summed E-state index contributed by atoms with van der Waals surface area (Å²) in [6.07, 6.45) is 5.23. The first-order chi connectivity index (χ1) is 19.0. The fraction of sp³-hybridized carbons (Fsp3) is 1.00. The fourth-order valence-corrected chi connectivity index (χ4v) is 4.95. The summed E-state index contributed by atoms with van der Waals surface area (Å²) < 4.78 is 0. The van der Waals surface area contributed by atoms with Crippen LogP contribution in [-0.4, -0.2) is 155 Å². The Morgan fingerprint density at radius 1 is 0.316 bits per heavy atom. The van der Waals surface area contributed by atoms with Gasteiger partial charge < -0.3 is 53.2 Å². The molecule has 11 nitrogen and oxygen atoms in total. The number of nitrogens with one attached hydrogen (secondary N) is 10. The Balaban J connectivity index is 1.54. The SMILES string of the molecule is C1CNCCNCCNCCNCCNCCNCCNCCN2CCCCC2CNCCNCCNC1. The molecule has 0 aromatic carbocycles. The molecule has 0 aromatic heterocycles. The molecule has 0 amide bonds. The van der Waals surface area contributed by atoms with Gasteiger partial charge >= 0.3 is 0 Å². The molecule has 1 unspecified atom stereocenters. The van der Waals surface area contributed by atoms with Crippen LogP contribution in [0.2, 0.25) is 0 Å². The molecule has 2 rings (SSSR count). The van der Waals surface area contributed by atoms with E-state index in [0.717, 1.165) is 137 Å². The first-order valence-corrected chi connectivity index (χ1v) is 15.8. The van der Waals surface area contributed by atoms with Crippen LogP contribution in [0.4, 0.5) is 0 Å². The zero-order valence-corrected chi connectivity index (χ0v) is 24.4. The largest absolute Gasteiger partial charge is 0.315 e. The molecule has 0 aromatic rings. The summed E-state index contributed by atoms with van der Waals surface area (Å²) in [6.45, 7) is 23.2. The van der Waals surface area contributed by atoms with Crippen molar-refractivity contribution in [2.75, 3.05) is 144 Å². The highest BCUT2D eigenvalue weighted by atomic mass is 15.2. The van der Waals surface area contributed by atoms with Crippen molar-refractivity contribution in [1.82, 2.24) is 58.1 Å². The van der Waals surface area contributed by atoms with Gasteiger partial charge in [-0.25, -0.2) is 0 Å². The van der Waals surface area contributed by atoms with Crippen molar-refractivity contribution in [3.63, 3.8) is 0 Å². The molecule has 38 heavy (non-hydrogen) atoms. The maximum absolute atomic E-state index is 3.70. The van der Waals surface area contributed by atoms with Crippen LogP contribution < -0.4 is 53.2 Å². The molecule has 10 N–H and O–H groups in total. The van der Waals surface area contributed by atoms with Gasteiger partial charge in [0.15, 0.2) is 0 Å². The van der Waals surface area contributed by atoms with Crippen molar-refractivity contribution < 1.29 is 0 Å². The van der Waals surface area contributed by atoms with Crippen molar-refractivity contribution in [2.45, 2.75) is 31.7 Å². The summed E-state index contributed by atoms with van der Waals surface area (Å²) in [5.74, 6) is 0. The normalized spacial score (nSPS) is 27.0. The molecule has 0 radical (unpaired) electrons. The van der Waals surface area contributed by atoms with Crippen molar-refractivity contribution in [3.8, 4) is 0 Å². The third kappa shape index (κ3) is 20.5. The average Bonchev–Trinajstić information content (AvgIpc) is 2.94. The second-order valence-corrected chi connectivity index (χ2v) is 10.5. The molecule has 0 spiro atoms. The van der Waals surface area contributed by atoms with E-state index in [1.54, 1.807) is 0 Å². The number of piperidine rings is 1. The van der Waals surface area contributed by atoms with E-state index >= 15 is 0 Å². The molecule has 0 bridgehead atoms. The van der Waals surface area contributed by atoms with E-state index in [2.05, 4.69) is 58.1 Å². The van der Waals surface area contributed by atoms with E-state index in [9.17, 15) is 0 Å². The Bertz CT molecular complexity index is 444. The Morgan fingerprint density at radius 3 is 1.13 bits per heavy atom. The van der Waals surface area contributed by atoms with Crippen LogP contribution >= 0.6 is 0 Å². The van der Waals surface area contributed by atoms with Crippen LogP contribution in [0.1, 0.15) is 25.7 Å². The van der Waals surface area contributed by atoms with Crippen LogP contribution in [0.15, 0.2) is 0 Å². The first kappa shape index (κ1) is 33.8. The minimum atomic E-state index is 0.689. The Labute approximate surface area is 233 Å². The van der Waals surface area contributed by atoms with Gasteiger partial charge in [-0.05, 0) is 38.9 Å². The first-order valence-electron chi connectivity index (χ1n) is 15.8. The minimum absolute atomic E-state index is 0.689. The van der Waals surface area contributed by atoms with Gasteiger partial charge in [-0.15, -0.1) is 0 Å². The summed E-state index contributed by atoms with van der Waals surface area (Å²) in [5.41, 5.74) is 0. The molecule has 1 atom stereocenters. The molecular formula is C27H63N11. The number of hydrogen-bond donors (Lipinski definition) is 10. The lowest BCUT2D eigenvalue weighted by molar-refractivity contribution is 0.146. The highest BCUT2D eigenvalue weighted by molar-refractivity contribution is 4.79. The van der Waals surface area contributed by atoms with Crippen LogP contribution in [0.3, 0.4) is 0 Å². The maximum atomic E-state index is 3.70. The van der Waals surface area contributed by atoms with Crippen molar-refractivity contribution in [1.29, 1.82) is 0 Å². The van der Waals surface area contributed by atoms with Gasteiger partial charge in [0.25, 0.3) is 0 Å². The van der Waals surface area contributed by atoms with E-state index in [0.29, 0.717) is 6.04 Å². The average molecular weight is 542 g/mol. The summed E-state index contributed by atoms with van der Waals surface area (Å²) >= 11 is 0. The Morgan fingerprint density at radius 2 is 0.684 bits per heavy atom. The van der Waals surface area contributed by atoms with E-state index in [4.69, 9.17) is 0 Å². The van der Waals surface area contributed by atoms with Crippen molar-refractivity contribution in [3.05, 3.63) is 0 Å². The van der Waals surface area contributed by atoms with Crippen molar-refractivity contribution in [2.24, 2.45) is 0 Å². The van der Waals surface area contributed by atoms with Gasteiger partial charge in [-0.3, -0.25) is 4.90 Å². The van der Waals surface area contributed by atoms with Gasteiger partial charge in [-0.2, -0.15) is 0 Å². The number of nitrogens with zero attached hydrogens (tertiary/aromatic N) is 1. The van der Waals surface area contributed by atoms with Crippen LogP contribution in [0.5, 0.6) is 0 Å². The van der Waals surface area contributed by atoms with E-state index in [-0.39, 0.29) is 0 Å². The van der Waals surface area contributed by atoms with Gasteiger partial charge in [0.2, 0.25) is 0 Å². The van der Waals surface area contributed by atoms with Crippen molar-refractivity contribution >= 4 is 0 Å². The zero-order chi connectivity index (χ0) is 26.6. The van der Waals surface area contributed by atoms with Crippen LogP contribution in [0, 0.1) is 0 Å². The number of fused-ring (bicyclic) bond motifs is 1. The molecule has 2 saturated heterocycles. The monoisotopic (exact) mass is 542 g/mol. The third-order valence-corrected chi connectivity index (χ3v) is 7.24. The van der Waals surface area contributed by atoms with E-state index < -0.39 is 0 Å². The molecule has 2 aliphatic rings. The summed E-state index contributed by atoms with van der Waals surface area (Å²) in [6, 6.07) is 0.689. The lowest BCUT2D eigenvalue weighted by Gasteiger charge is -2.36. The minimum Gasteiger partial charge on any atom is -0.315 e. The highest BCUT2D eigenvalue weighted by Crippen LogP contribution is 2.15. The number of rotatable bonds is 0. The second kappa shape index (κ2) is 26.8. The topological polar surface area (TPSA) is 124 Å². The Kier molecular flexibility index (Phi) is 23.8. The quantitative estimate of drug-likeness (QED) is 0.156. The lowest BCUT2D eigenvalue weighted by Crippen LogP contribution is -2.48. The maximum Gasteiger partial charge on any atom is 0.0221 e. The third-order valence-electron chi connectivity index (χ3n) is 7.24. The summed E-state index contributed by atoms with van der Waals surface area (Å²) in [4.78, 5) is 2.69. The van der Waals surface area contributed by atoms with E-state index in [1.165, 1.54) is 32.2 Å². The van der Waals surface area contributed by atoms with Gasteiger partial charge in [0.05, 0.1) is 0 Å². The van der Waals surface area contributed by atoms with Gasteiger partial charge in [-0.1, -0.05) is 6.42 Å². The predicted octanol–water partition coefficient (Wildman–Crippen LogP) is -2.86. The molecule has 11 heteroatoms. The molecular weight excluding hydrogens is 478 g/mol. The molecule has 2 aliphatic heterocycles. The molecule has 2 heterocycles. The summed E-state index contributed by atoms with van der Waals surface area (Å²) in [5, 5.41) is 35.5. The number of hydrogen-bond acceptors (Lipinski definition) is 11. The van der Waals surface area contributed by atoms with Crippen LogP contribution in [-0.2, 0) is 0 Å². The lowest BCUT2D eigenvalue weighted by atomic mass is 10.0. The molecule has 226 valence electrons. The Hall–Kier alpha value is -0.440. The van der Waals surface area contributed by atoms with E-state index in [1.807, 2.05) is 0 Å². The molecule has 0 saturated carbocycles. The predicted molar refractivity (Wildman–Crippen MR) is 163 cm³/mol. The zero-order valence-electron chi connectivity index (χ0n) is 24.4. The van der Waals surface area contributed by atoms with Crippen LogP contribution in [0.25, 0.3) is 0 Å². The molecule has 2 fully saturated rings. The smallest absolute Gasteiger partial charge is 0.0221 e. The van der Waals surface area contributed by atoms with Gasteiger partial charge in [0, 0.05) is 130 Å². The fourth-order valence-electron chi connectivity index (χ4n) is 4.95. The summed E-state index contributed by atoms with van der Waals surface area (Å²) in [7, 11) is 0. The van der Waals surface area contributed by atoms with Gasteiger partial charge in [0.1, 0.15) is 0 Å². The second-order valence-electron chi connectivity index (χ2n) is 10.5.